The molecule has 1 saturated heterocycles. The zero-order valence-corrected chi connectivity index (χ0v) is 16.8. The summed E-state index contributed by atoms with van der Waals surface area (Å²) in [7, 11) is 0. The Morgan fingerprint density at radius 3 is 2.45 bits per heavy atom. The van der Waals surface area contributed by atoms with Crippen molar-refractivity contribution in [3.8, 4) is 0 Å². The largest absolute Gasteiger partial charge is 0.416 e. The van der Waals surface area contributed by atoms with E-state index in [1.165, 1.54) is 0 Å². The molecular weight excluding hydrogens is 411 g/mol. The van der Waals surface area contributed by atoms with Gasteiger partial charge in [0.15, 0.2) is 0 Å². The molecule has 2 aromatic carbocycles. The van der Waals surface area contributed by atoms with Crippen molar-refractivity contribution in [1.82, 2.24) is 10.6 Å². The Balaban J connectivity index is 1.53. The topological polar surface area (TPSA) is 78.5 Å². The summed E-state index contributed by atoms with van der Waals surface area (Å²) in [4.78, 5) is 37.9. The minimum absolute atomic E-state index is 0.0248. The van der Waals surface area contributed by atoms with Crippen LogP contribution in [0.5, 0.6) is 0 Å². The number of benzene rings is 2. The van der Waals surface area contributed by atoms with Crippen LogP contribution in [0.25, 0.3) is 0 Å². The van der Waals surface area contributed by atoms with Crippen molar-refractivity contribution in [3.63, 3.8) is 0 Å². The fraction of sp³-hybridized carbons (Fsp3) is 0.318. The van der Waals surface area contributed by atoms with Gasteiger partial charge in [0.25, 0.3) is 5.91 Å². The Hall–Kier alpha value is -3.36. The molecular formula is C22H22F3N3O3. The van der Waals surface area contributed by atoms with Gasteiger partial charge in [0.05, 0.1) is 18.2 Å². The molecule has 1 aliphatic rings. The van der Waals surface area contributed by atoms with Crippen LogP contribution in [0.3, 0.4) is 0 Å². The van der Waals surface area contributed by atoms with Gasteiger partial charge < -0.3 is 15.5 Å². The molecule has 0 aromatic heterocycles. The van der Waals surface area contributed by atoms with E-state index >= 15 is 0 Å². The monoisotopic (exact) mass is 433 g/mol. The third kappa shape index (κ3) is 5.62. The van der Waals surface area contributed by atoms with Crippen LogP contribution < -0.4 is 15.5 Å². The quantitative estimate of drug-likeness (QED) is 0.733. The second-order valence-electron chi connectivity index (χ2n) is 7.29. The minimum Gasteiger partial charge on any atom is -0.348 e. The number of amides is 3. The predicted octanol–water partition coefficient (Wildman–Crippen LogP) is 3.44. The van der Waals surface area contributed by atoms with E-state index in [2.05, 4.69) is 10.6 Å². The molecule has 1 atom stereocenters. The second kappa shape index (κ2) is 9.20. The first-order valence-corrected chi connectivity index (χ1v) is 9.80. The molecule has 3 rings (SSSR count). The predicted molar refractivity (Wildman–Crippen MR) is 108 cm³/mol. The van der Waals surface area contributed by atoms with Gasteiger partial charge in [0, 0.05) is 24.2 Å². The number of hydrogen-bond acceptors (Lipinski definition) is 3. The molecule has 2 N–H and O–H groups in total. The van der Waals surface area contributed by atoms with Crippen molar-refractivity contribution in [2.45, 2.75) is 32.0 Å². The fourth-order valence-electron chi connectivity index (χ4n) is 3.33. The molecule has 0 saturated carbocycles. The summed E-state index contributed by atoms with van der Waals surface area (Å²) in [6.45, 7) is 2.12. The highest BCUT2D eigenvalue weighted by Crippen LogP contribution is 2.29. The van der Waals surface area contributed by atoms with E-state index in [1.54, 1.807) is 11.8 Å². The average Bonchev–Trinajstić information content (AvgIpc) is 3.17. The third-order valence-corrected chi connectivity index (χ3v) is 5.02. The number of anilines is 1. The van der Waals surface area contributed by atoms with E-state index in [-0.39, 0.29) is 24.1 Å². The summed E-state index contributed by atoms with van der Waals surface area (Å²) in [5.74, 6) is -1.03. The standard InChI is InChI=1S/C22H22F3N3O3/c1-14(16-4-2-5-18(12-16)28-11-3-6-20(28)30)27-19(29)13-26-21(31)15-7-9-17(10-8-15)22(23,24)25/h2,4-5,7-10,12,14H,3,6,11,13H2,1H3,(H,26,31)(H,27,29). The molecule has 1 aliphatic heterocycles. The lowest BCUT2D eigenvalue weighted by molar-refractivity contribution is -0.137. The number of halogens is 3. The maximum atomic E-state index is 12.6. The molecule has 3 amide bonds. The molecule has 1 heterocycles. The van der Waals surface area contributed by atoms with E-state index in [4.69, 9.17) is 0 Å². The van der Waals surface area contributed by atoms with E-state index in [0.717, 1.165) is 41.9 Å². The van der Waals surface area contributed by atoms with Gasteiger partial charge in [-0.05, 0) is 55.3 Å². The van der Waals surface area contributed by atoms with Gasteiger partial charge in [0.2, 0.25) is 11.8 Å². The molecule has 6 nitrogen and oxygen atoms in total. The summed E-state index contributed by atoms with van der Waals surface area (Å²) >= 11 is 0. The normalized spacial score (nSPS) is 15.0. The highest BCUT2D eigenvalue weighted by molar-refractivity contribution is 5.96. The highest BCUT2D eigenvalue weighted by Gasteiger charge is 2.30. The van der Waals surface area contributed by atoms with Crippen molar-refractivity contribution in [2.24, 2.45) is 0 Å². The van der Waals surface area contributed by atoms with Gasteiger partial charge in [0.1, 0.15) is 0 Å². The summed E-state index contributed by atoms with van der Waals surface area (Å²) in [5.41, 5.74) is 0.752. The summed E-state index contributed by atoms with van der Waals surface area (Å²) in [5, 5.41) is 5.15. The number of nitrogens with one attached hydrogen (secondary N) is 2. The van der Waals surface area contributed by atoms with Crippen LogP contribution in [-0.4, -0.2) is 30.8 Å². The molecule has 1 fully saturated rings. The average molecular weight is 433 g/mol. The molecule has 9 heteroatoms. The molecule has 0 bridgehead atoms. The van der Waals surface area contributed by atoms with Gasteiger partial charge >= 0.3 is 6.18 Å². The SMILES string of the molecule is CC(NC(=O)CNC(=O)c1ccc(C(F)(F)F)cc1)c1cccc(N2CCCC2=O)c1. The lowest BCUT2D eigenvalue weighted by Gasteiger charge is -2.19. The second-order valence-corrected chi connectivity index (χ2v) is 7.29. The van der Waals surface area contributed by atoms with Crippen LogP contribution >= 0.6 is 0 Å². The van der Waals surface area contributed by atoms with Crippen molar-refractivity contribution in [3.05, 3.63) is 65.2 Å². The van der Waals surface area contributed by atoms with E-state index < -0.39 is 23.6 Å². The molecule has 2 aromatic rings. The Morgan fingerprint density at radius 2 is 1.84 bits per heavy atom. The van der Waals surface area contributed by atoms with Crippen molar-refractivity contribution < 1.29 is 27.6 Å². The number of rotatable bonds is 6. The van der Waals surface area contributed by atoms with E-state index in [0.29, 0.717) is 13.0 Å². The Morgan fingerprint density at radius 1 is 1.13 bits per heavy atom. The first-order chi connectivity index (χ1) is 14.6. The summed E-state index contributed by atoms with van der Waals surface area (Å²) in [6.07, 6.45) is -3.15. The van der Waals surface area contributed by atoms with Gasteiger partial charge in [-0.15, -0.1) is 0 Å². The molecule has 1 unspecified atom stereocenters. The smallest absolute Gasteiger partial charge is 0.348 e. The third-order valence-electron chi connectivity index (χ3n) is 5.02. The molecule has 31 heavy (non-hydrogen) atoms. The lowest BCUT2D eigenvalue weighted by atomic mass is 10.1. The molecule has 0 radical (unpaired) electrons. The maximum Gasteiger partial charge on any atom is 0.416 e. The van der Waals surface area contributed by atoms with Crippen molar-refractivity contribution >= 4 is 23.4 Å². The zero-order valence-electron chi connectivity index (χ0n) is 16.8. The van der Waals surface area contributed by atoms with Crippen LogP contribution in [0.15, 0.2) is 48.5 Å². The summed E-state index contributed by atoms with van der Waals surface area (Å²) in [6, 6.07) is 10.7. The minimum atomic E-state index is -4.48. The Kier molecular flexibility index (Phi) is 6.62. The number of alkyl halides is 3. The van der Waals surface area contributed by atoms with Crippen molar-refractivity contribution in [2.75, 3.05) is 18.0 Å². The lowest BCUT2D eigenvalue weighted by Crippen LogP contribution is -2.38. The highest BCUT2D eigenvalue weighted by atomic mass is 19.4. The Bertz CT molecular complexity index is 974. The fourth-order valence-corrected chi connectivity index (χ4v) is 3.33. The van der Waals surface area contributed by atoms with Crippen LogP contribution in [-0.2, 0) is 15.8 Å². The number of carbonyl (C=O) groups is 3. The Labute approximate surface area is 177 Å². The van der Waals surface area contributed by atoms with Crippen LogP contribution in [0.4, 0.5) is 18.9 Å². The number of nitrogens with zero attached hydrogens (tertiary/aromatic N) is 1. The van der Waals surface area contributed by atoms with Gasteiger partial charge in [-0.25, -0.2) is 0 Å². The first kappa shape index (κ1) is 22.3. The van der Waals surface area contributed by atoms with Gasteiger partial charge in [-0.2, -0.15) is 13.2 Å². The first-order valence-electron chi connectivity index (χ1n) is 9.80. The van der Waals surface area contributed by atoms with Crippen LogP contribution in [0.1, 0.15) is 47.3 Å². The van der Waals surface area contributed by atoms with E-state index in [9.17, 15) is 27.6 Å². The molecule has 0 aliphatic carbocycles. The maximum absolute atomic E-state index is 12.6. The van der Waals surface area contributed by atoms with Crippen LogP contribution in [0.2, 0.25) is 0 Å². The summed E-state index contributed by atoms with van der Waals surface area (Å²) < 4.78 is 37.8. The van der Waals surface area contributed by atoms with Gasteiger partial charge in [-0.1, -0.05) is 12.1 Å². The van der Waals surface area contributed by atoms with Gasteiger partial charge in [-0.3, -0.25) is 14.4 Å². The molecule has 164 valence electrons. The van der Waals surface area contributed by atoms with E-state index in [1.807, 2.05) is 24.3 Å². The number of hydrogen-bond donors (Lipinski definition) is 2. The molecule has 0 spiro atoms. The van der Waals surface area contributed by atoms with Crippen LogP contribution in [0, 0.1) is 0 Å². The zero-order chi connectivity index (χ0) is 22.6. The number of carbonyl (C=O) groups excluding carboxylic acids is 3. The van der Waals surface area contributed by atoms with Crippen molar-refractivity contribution in [1.29, 1.82) is 0 Å².